The first-order chi connectivity index (χ1) is 8.40. The van der Waals surface area contributed by atoms with Crippen LogP contribution in [0.4, 0.5) is 10.1 Å². The van der Waals surface area contributed by atoms with E-state index in [0.29, 0.717) is 11.3 Å². The van der Waals surface area contributed by atoms with Crippen molar-refractivity contribution in [2.45, 2.75) is 19.9 Å². The Morgan fingerprint density at radius 1 is 1.44 bits per heavy atom. The molecule has 3 N–H and O–H groups in total. The molecule has 18 heavy (non-hydrogen) atoms. The number of carboxylic acid groups (broad SMARTS) is 1. The zero-order valence-corrected chi connectivity index (χ0v) is 10.2. The normalized spacial score (nSPS) is 11.7. The summed E-state index contributed by atoms with van der Waals surface area (Å²) < 4.78 is 12.9. The minimum absolute atomic E-state index is 0.0292. The summed E-state index contributed by atoms with van der Waals surface area (Å²) >= 11 is 0. The largest absolute Gasteiger partial charge is 0.480 e. The molecule has 0 bridgehead atoms. The minimum Gasteiger partial charge on any atom is -0.480 e. The molecule has 0 heterocycles. The van der Waals surface area contributed by atoms with Crippen LogP contribution in [0.2, 0.25) is 0 Å². The Morgan fingerprint density at radius 2 is 2.11 bits per heavy atom. The number of nitrogens with one attached hydrogen (secondary N) is 2. The number of hydrogen-bond donors (Lipinski definition) is 3. The first kappa shape index (κ1) is 14.0. The second-order valence-electron chi connectivity index (χ2n) is 3.93. The van der Waals surface area contributed by atoms with Gasteiger partial charge in [0.15, 0.2) is 0 Å². The number of halogens is 1. The third kappa shape index (κ3) is 4.04. The van der Waals surface area contributed by atoms with Crippen molar-refractivity contribution in [3.8, 4) is 0 Å². The summed E-state index contributed by atoms with van der Waals surface area (Å²) in [6.07, 6.45) is 0. The predicted molar refractivity (Wildman–Crippen MR) is 64.9 cm³/mol. The number of amides is 1. The van der Waals surface area contributed by atoms with Gasteiger partial charge in [0, 0.05) is 19.2 Å². The van der Waals surface area contributed by atoms with Crippen molar-refractivity contribution in [3.63, 3.8) is 0 Å². The number of benzene rings is 1. The second kappa shape index (κ2) is 6.00. The monoisotopic (exact) mass is 254 g/mol. The molecule has 0 fully saturated rings. The van der Waals surface area contributed by atoms with Crippen molar-refractivity contribution >= 4 is 17.6 Å². The summed E-state index contributed by atoms with van der Waals surface area (Å²) in [7, 11) is 0. The Balaban J connectivity index is 2.66. The summed E-state index contributed by atoms with van der Waals surface area (Å²) in [6, 6.07) is 3.13. The van der Waals surface area contributed by atoms with E-state index in [9.17, 15) is 14.0 Å². The number of aryl methyl sites for hydroxylation is 1. The van der Waals surface area contributed by atoms with Gasteiger partial charge in [-0.25, -0.2) is 9.18 Å². The van der Waals surface area contributed by atoms with Gasteiger partial charge in [0.25, 0.3) is 0 Å². The Morgan fingerprint density at radius 3 is 2.61 bits per heavy atom. The number of rotatable bonds is 5. The van der Waals surface area contributed by atoms with Gasteiger partial charge in [-0.2, -0.15) is 0 Å². The average molecular weight is 254 g/mol. The van der Waals surface area contributed by atoms with E-state index in [0.717, 1.165) is 0 Å². The molecule has 1 aromatic rings. The van der Waals surface area contributed by atoms with Crippen molar-refractivity contribution in [1.29, 1.82) is 0 Å². The van der Waals surface area contributed by atoms with E-state index < -0.39 is 17.9 Å². The van der Waals surface area contributed by atoms with E-state index in [1.165, 1.54) is 25.1 Å². The maximum Gasteiger partial charge on any atom is 0.328 e. The average Bonchev–Trinajstić information content (AvgIpc) is 2.25. The molecule has 0 aliphatic rings. The lowest BCUT2D eigenvalue weighted by Crippen LogP contribution is -2.44. The van der Waals surface area contributed by atoms with Crippen LogP contribution in [-0.2, 0) is 9.59 Å². The van der Waals surface area contributed by atoms with Gasteiger partial charge in [-0.05, 0) is 30.7 Å². The molecular weight excluding hydrogens is 239 g/mol. The smallest absolute Gasteiger partial charge is 0.328 e. The van der Waals surface area contributed by atoms with Gasteiger partial charge in [0.1, 0.15) is 11.9 Å². The Labute approximate surface area is 104 Å². The molecular formula is C12H15FN2O3. The molecule has 0 aliphatic heterocycles. The Bertz CT molecular complexity index is 463. The third-order valence-electron chi connectivity index (χ3n) is 2.36. The molecule has 1 atom stereocenters. The lowest BCUT2D eigenvalue weighted by atomic mass is 10.2. The van der Waals surface area contributed by atoms with Crippen LogP contribution < -0.4 is 10.6 Å². The van der Waals surface area contributed by atoms with E-state index in [4.69, 9.17) is 5.11 Å². The maximum absolute atomic E-state index is 12.9. The fraction of sp³-hybridized carbons (Fsp3) is 0.333. The molecule has 0 radical (unpaired) electrons. The quantitative estimate of drug-likeness (QED) is 0.736. The van der Waals surface area contributed by atoms with Crippen molar-refractivity contribution < 1.29 is 19.1 Å². The van der Waals surface area contributed by atoms with Crippen LogP contribution in [-0.4, -0.2) is 29.6 Å². The first-order valence-electron chi connectivity index (χ1n) is 5.40. The van der Waals surface area contributed by atoms with Gasteiger partial charge in [0.05, 0.1) is 0 Å². The lowest BCUT2D eigenvalue weighted by Gasteiger charge is -2.16. The molecule has 0 aromatic heterocycles. The van der Waals surface area contributed by atoms with Gasteiger partial charge >= 0.3 is 5.97 Å². The molecule has 6 heteroatoms. The van der Waals surface area contributed by atoms with Crippen LogP contribution in [0.1, 0.15) is 12.5 Å². The molecule has 0 spiro atoms. The minimum atomic E-state index is -1.13. The SMILES string of the molecule is CC(=O)NC(CNc1ccc(F)cc1C)C(=O)O. The van der Waals surface area contributed by atoms with Crippen LogP contribution in [0.3, 0.4) is 0 Å². The molecule has 1 rings (SSSR count). The summed E-state index contributed by atoms with van der Waals surface area (Å²) in [5, 5.41) is 14.1. The van der Waals surface area contributed by atoms with E-state index >= 15 is 0 Å². The molecule has 1 aromatic carbocycles. The molecule has 0 saturated carbocycles. The highest BCUT2D eigenvalue weighted by molar-refractivity contribution is 5.82. The third-order valence-corrected chi connectivity index (χ3v) is 2.36. The highest BCUT2D eigenvalue weighted by atomic mass is 19.1. The van der Waals surface area contributed by atoms with Crippen LogP contribution in [0.5, 0.6) is 0 Å². The van der Waals surface area contributed by atoms with Gasteiger partial charge in [-0.3, -0.25) is 4.79 Å². The summed E-state index contributed by atoms with van der Waals surface area (Å²) in [6.45, 7) is 2.99. The summed E-state index contributed by atoms with van der Waals surface area (Å²) in [5.74, 6) is -1.90. The second-order valence-corrected chi connectivity index (χ2v) is 3.93. The number of carboxylic acids is 1. The highest BCUT2D eigenvalue weighted by Crippen LogP contribution is 2.15. The maximum atomic E-state index is 12.9. The number of carbonyl (C=O) groups excluding carboxylic acids is 1. The van der Waals surface area contributed by atoms with Crippen molar-refractivity contribution in [2.24, 2.45) is 0 Å². The van der Waals surface area contributed by atoms with Crippen LogP contribution in [0.25, 0.3) is 0 Å². The zero-order valence-electron chi connectivity index (χ0n) is 10.2. The fourth-order valence-electron chi connectivity index (χ4n) is 1.48. The standard InChI is InChI=1S/C12H15FN2O3/c1-7-5-9(13)3-4-10(7)14-6-11(12(17)18)15-8(2)16/h3-5,11,14H,6H2,1-2H3,(H,15,16)(H,17,18). The number of carbonyl (C=O) groups is 2. The highest BCUT2D eigenvalue weighted by Gasteiger charge is 2.18. The molecule has 1 unspecified atom stereocenters. The fourth-order valence-corrected chi connectivity index (χ4v) is 1.48. The van der Waals surface area contributed by atoms with E-state index in [1.807, 2.05) is 0 Å². The van der Waals surface area contributed by atoms with E-state index in [1.54, 1.807) is 6.92 Å². The topological polar surface area (TPSA) is 78.4 Å². The summed E-state index contributed by atoms with van der Waals surface area (Å²) in [4.78, 5) is 21.7. The summed E-state index contributed by atoms with van der Waals surface area (Å²) in [5.41, 5.74) is 1.30. The molecule has 98 valence electrons. The van der Waals surface area contributed by atoms with Gasteiger partial charge < -0.3 is 15.7 Å². The Hall–Kier alpha value is -2.11. The first-order valence-corrected chi connectivity index (χ1v) is 5.40. The molecule has 5 nitrogen and oxygen atoms in total. The predicted octanol–water partition coefficient (Wildman–Crippen LogP) is 1.14. The van der Waals surface area contributed by atoms with E-state index in [2.05, 4.69) is 10.6 Å². The van der Waals surface area contributed by atoms with E-state index in [-0.39, 0.29) is 12.4 Å². The van der Waals surface area contributed by atoms with Crippen LogP contribution >= 0.6 is 0 Å². The van der Waals surface area contributed by atoms with Crippen LogP contribution in [0.15, 0.2) is 18.2 Å². The van der Waals surface area contributed by atoms with Gasteiger partial charge in [-0.1, -0.05) is 0 Å². The number of hydrogen-bond acceptors (Lipinski definition) is 3. The van der Waals surface area contributed by atoms with Crippen molar-refractivity contribution in [1.82, 2.24) is 5.32 Å². The zero-order chi connectivity index (χ0) is 13.7. The number of anilines is 1. The van der Waals surface area contributed by atoms with Crippen molar-refractivity contribution in [2.75, 3.05) is 11.9 Å². The number of aliphatic carboxylic acids is 1. The van der Waals surface area contributed by atoms with Crippen LogP contribution in [0, 0.1) is 12.7 Å². The lowest BCUT2D eigenvalue weighted by molar-refractivity contribution is -0.141. The van der Waals surface area contributed by atoms with Gasteiger partial charge in [-0.15, -0.1) is 0 Å². The van der Waals surface area contributed by atoms with Crippen molar-refractivity contribution in [3.05, 3.63) is 29.6 Å². The molecule has 0 saturated heterocycles. The Kier molecular flexibility index (Phi) is 4.65. The molecule has 1 amide bonds. The van der Waals surface area contributed by atoms with Gasteiger partial charge in [0.2, 0.25) is 5.91 Å². The molecule has 0 aliphatic carbocycles.